The Balaban J connectivity index is 1.79. The summed E-state index contributed by atoms with van der Waals surface area (Å²) in [5.41, 5.74) is 4.80. The van der Waals surface area contributed by atoms with E-state index in [1.54, 1.807) is 6.21 Å². The lowest BCUT2D eigenvalue weighted by Gasteiger charge is -2.17. The standard InChI is InChI=1S/C22H22ClN3O3/c1-26(10-11-27)14-17-7-6-16(18-4-2-3-5-19(17)18)13-24-25-22(29)15-8-9-21(28)20(23)12-15/h2-9,12-13,27-28H,10-11,14H2,1H3,(H,25,29). The van der Waals surface area contributed by atoms with Gasteiger partial charge in [-0.3, -0.25) is 9.69 Å². The van der Waals surface area contributed by atoms with Crippen LogP contribution in [-0.2, 0) is 6.54 Å². The van der Waals surface area contributed by atoms with Crippen molar-refractivity contribution in [2.75, 3.05) is 20.2 Å². The number of halogens is 1. The third-order valence-electron chi connectivity index (χ3n) is 4.55. The predicted molar refractivity (Wildman–Crippen MR) is 116 cm³/mol. The Labute approximate surface area is 174 Å². The number of phenols is 1. The summed E-state index contributed by atoms with van der Waals surface area (Å²) in [5.74, 6) is -0.502. The van der Waals surface area contributed by atoms with Crippen LogP contribution in [0.15, 0.2) is 59.7 Å². The highest BCUT2D eigenvalue weighted by Crippen LogP contribution is 2.24. The number of hydrogen-bond acceptors (Lipinski definition) is 5. The first-order valence-electron chi connectivity index (χ1n) is 9.11. The monoisotopic (exact) mass is 411 g/mol. The molecule has 6 nitrogen and oxygen atoms in total. The Kier molecular flexibility index (Phi) is 6.82. The number of nitrogens with one attached hydrogen (secondary N) is 1. The molecule has 0 saturated heterocycles. The van der Waals surface area contributed by atoms with Crippen molar-refractivity contribution < 1.29 is 15.0 Å². The van der Waals surface area contributed by atoms with Crippen molar-refractivity contribution in [2.24, 2.45) is 5.10 Å². The van der Waals surface area contributed by atoms with Gasteiger partial charge in [0.25, 0.3) is 5.91 Å². The Morgan fingerprint density at radius 1 is 1.17 bits per heavy atom. The summed E-state index contributed by atoms with van der Waals surface area (Å²) in [7, 11) is 1.96. The number of aliphatic hydroxyl groups excluding tert-OH is 1. The van der Waals surface area contributed by atoms with Crippen LogP contribution in [0.5, 0.6) is 5.75 Å². The fraction of sp³-hybridized carbons (Fsp3) is 0.182. The number of carbonyl (C=O) groups is 1. The van der Waals surface area contributed by atoms with Gasteiger partial charge in [0, 0.05) is 24.2 Å². The fourth-order valence-corrected chi connectivity index (χ4v) is 3.23. The summed E-state index contributed by atoms with van der Waals surface area (Å²) in [6.45, 7) is 1.44. The second kappa shape index (κ2) is 9.52. The van der Waals surface area contributed by atoms with Crippen LogP contribution < -0.4 is 5.43 Å². The van der Waals surface area contributed by atoms with Gasteiger partial charge in [0.2, 0.25) is 0 Å². The van der Waals surface area contributed by atoms with Gasteiger partial charge in [-0.1, -0.05) is 48.0 Å². The van der Waals surface area contributed by atoms with Crippen LogP contribution in [0.2, 0.25) is 5.02 Å². The van der Waals surface area contributed by atoms with Crippen molar-refractivity contribution >= 4 is 34.5 Å². The lowest BCUT2D eigenvalue weighted by molar-refractivity contribution is 0.0955. The molecule has 0 saturated carbocycles. The molecule has 3 rings (SSSR count). The molecule has 3 aromatic rings. The molecule has 0 atom stereocenters. The number of fused-ring (bicyclic) bond motifs is 1. The van der Waals surface area contributed by atoms with E-state index in [2.05, 4.69) is 15.4 Å². The van der Waals surface area contributed by atoms with Crippen molar-refractivity contribution in [1.82, 2.24) is 10.3 Å². The van der Waals surface area contributed by atoms with E-state index >= 15 is 0 Å². The van der Waals surface area contributed by atoms with Gasteiger partial charge in [-0.05, 0) is 41.6 Å². The van der Waals surface area contributed by atoms with Gasteiger partial charge < -0.3 is 10.2 Å². The van der Waals surface area contributed by atoms with E-state index in [4.69, 9.17) is 16.7 Å². The summed E-state index contributed by atoms with van der Waals surface area (Å²) in [4.78, 5) is 14.3. The van der Waals surface area contributed by atoms with Gasteiger partial charge in [-0.25, -0.2) is 5.43 Å². The third kappa shape index (κ3) is 5.12. The number of likely N-dealkylation sites (N-methyl/N-ethyl adjacent to an activating group) is 1. The van der Waals surface area contributed by atoms with E-state index in [0.29, 0.717) is 12.1 Å². The van der Waals surface area contributed by atoms with E-state index in [-0.39, 0.29) is 17.4 Å². The van der Waals surface area contributed by atoms with Crippen LogP contribution in [0.1, 0.15) is 21.5 Å². The molecule has 150 valence electrons. The summed E-state index contributed by atoms with van der Waals surface area (Å²) >= 11 is 5.84. The Bertz CT molecular complexity index is 1050. The quantitative estimate of drug-likeness (QED) is 0.411. The zero-order chi connectivity index (χ0) is 20.8. The number of hydrazone groups is 1. The van der Waals surface area contributed by atoms with Gasteiger partial charge in [0.05, 0.1) is 17.8 Å². The van der Waals surface area contributed by atoms with Crippen LogP contribution in [0.25, 0.3) is 10.8 Å². The second-order valence-electron chi connectivity index (χ2n) is 6.69. The van der Waals surface area contributed by atoms with Crippen molar-refractivity contribution in [2.45, 2.75) is 6.54 Å². The summed E-state index contributed by atoms with van der Waals surface area (Å²) in [6.07, 6.45) is 1.60. The van der Waals surface area contributed by atoms with Crippen LogP contribution in [0.4, 0.5) is 0 Å². The number of hydrogen-bond donors (Lipinski definition) is 3. The van der Waals surface area contributed by atoms with Gasteiger partial charge in [-0.2, -0.15) is 5.10 Å². The molecule has 29 heavy (non-hydrogen) atoms. The maximum absolute atomic E-state index is 12.2. The van der Waals surface area contributed by atoms with Crippen LogP contribution in [0, 0.1) is 0 Å². The Morgan fingerprint density at radius 3 is 2.66 bits per heavy atom. The number of aromatic hydroxyl groups is 1. The summed E-state index contributed by atoms with van der Waals surface area (Å²) in [6, 6.07) is 16.2. The fourth-order valence-electron chi connectivity index (χ4n) is 3.05. The van der Waals surface area contributed by atoms with Gasteiger partial charge in [-0.15, -0.1) is 0 Å². The van der Waals surface area contributed by atoms with Crippen molar-refractivity contribution in [3.05, 3.63) is 76.3 Å². The molecule has 0 aliphatic rings. The first kappa shape index (κ1) is 20.8. The molecule has 1 amide bonds. The number of benzene rings is 3. The second-order valence-corrected chi connectivity index (χ2v) is 7.09. The molecule has 0 aliphatic carbocycles. The predicted octanol–water partition coefficient (Wildman–Crippen LogP) is 3.39. The lowest BCUT2D eigenvalue weighted by Crippen LogP contribution is -2.21. The summed E-state index contributed by atoms with van der Waals surface area (Å²) in [5, 5.41) is 24.8. The highest BCUT2D eigenvalue weighted by atomic mass is 35.5. The molecular formula is C22H22ClN3O3. The topological polar surface area (TPSA) is 85.2 Å². The Morgan fingerprint density at radius 2 is 1.93 bits per heavy atom. The van der Waals surface area contributed by atoms with Crippen LogP contribution in [-0.4, -0.2) is 47.4 Å². The maximum Gasteiger partial charge on any atom is 0.271 e. The highest BCUT2D eigenvalue weighted by Gasteiger charge is 2.09. The number of amides is 1. The average Bonchev–Trinajstić information content (AvgIpc) is 2.71. The number of nitrogens with zero attached hydrogens (tertiary/aromatic N) is 2. The third-order valence-corrected chi connectivity index (χ3v) is 4.85. The van der Waals surface area contributed by atoms with Crippen LogP contribution >= 0.6 is 11.6 Å². The SMILES string of the molecule is CN(CCO)Cc1ccc(C=NNC(=O)c2ccc(O)c(Cl)c2)c2ccccc12. The van der Waals surface area contributed by atoms with Gasteiger partial charge in [0.15, 0.2) is 0 Å². The molecule has 0 aliphatic heterocycles. The number of phenolic OH excluding ortho intramolecular Hbond substituents is 1. The van der Waals surface area contributed by atoms with E-state index in [1.807, 2.05) is 43.4 Å². The zero-order valence-corrected chi connectivity index (χ0v) is 16.7. The number of rotatable bonds is 7. The molecule has 7 heteroatoms. The van der Waals surface area contributed by atoms with Crippen molar-refractivity contribution in [3.63, 3.8) is 0 Å². The largest absolute Gasteiger partial charge is 0.506 e. The molecule has 0 aromatic heterocycles. The normalized spacial score (nSPS) is 11.4. The van der Waals surface area contributed by atoms with E-state index in [9.17, 15) is 9.90 Å². The van der Waals surface area contributed by atoms with Gasteiger partial charge >= 0.3 is 0 Å². The molecule has 0 spiro atoms. The molecule has 0 unspecified atom stereocenters. The number of carbonyl (C=O) groups excluding carboxylic acids is 1. The van der Waals surface area contributed by atoms with Crippen molar-refractivity contribution in [3.8, 4) is 5.75 Å². The smallest absolute Gasteiger partial charge is 0.271 e. The van der Waals surface area contributed by atoms with Crippen LogP contribution in [0.3, 0.4) is 0 Å². The first-order valence-corrected chi connectivity index (χ1v) is 9.49. The van der Waals surface area contributed by atoms with E-state index < -0.39 is 5.91 Å². The van der Waals surface area contributed by atoms with E-state index in [1.165, 1.54) is 18.2 Å². The summed E-state index contributed by atoms with van der Waals surface area (Å²) < 4.78 is 0. The molecule has 0 heterocycles. The molecule has 0 radical (unpaired) electrons. The van der Waals surface area contributed by atoms with E-state index in [0.717, 1.165) is 28.4 Å². The average molecular weight is 412 g/mol. The first-order chi connectivity index (χ1) is 14.0. The maximum atomic E-state index is 12.2. The number of aliphatic hydroxyl groups is 1. The van der Waals surface area contributed by atoms with Gasteiger partial charge in [0.1, 0.15) is 5.75 Å². The highest BCUT2D eigenvalue weighted by molar-refractivity contribution is 6.32. The zero-order valence-electron chi connectivity index (χ0n) is 16.0. The minimum atomic E-state index is -0.422. The molecule has 3 aromatic carbocycles. The molecular weight excluding hydrogens is 390 g/mol. The molecule has 0 fully saturated rings. The molecule has 0 bridgehead atoms. The minimum Gasteiger partial charge on any atom is -0.506 e. The molecule has 3 N–H and O–H groups in total. The Hall–Kier alpha value is -2.93. The van der Waals surface area contributed by atoms with Crippen molar-refractivity contribution in [1.29, 1.82) is 0 Å². The minimum absolute atomic E-state index is 0.0806. The lowest BCUT2D eigenvalue weighted by atomic mass is 10.00.